The van der Waals surface area contributed by atoms with Crippen LogP contribution in [0.15, 0.2) is 34.0 Å². The molecule has 20 heavy (non-hydrogen) atoms. The quantitative estimate of drug-likeness (QED) is 0.930. The lowest BCUT2D eigenvalue weighted by Crippen LogP contribution is -2.26. The van der Waals surface area contributed by atoms with Crippen molar-refractivity contribution < 1.29 is 4.74 Å². The van der Waals surface area contributed by atoms with Gasteiger partial charge in [-0.3, -0.25) is 0 Å². The van der Waals surface area contributed by atoms with Gasteiger partial charge in [0.1, 0.15) is 0 Å². The number of aromatic nitrogens is 1. The van der Waals surface area contributed by atoms with Gasteiger partial charge < -0.3 is 10.1 Å². The van der Waals surface area contributed by atoms with Gasteiger partial charge in [0.05, 0.1) is 11.3 Å². The van der Waals surface area contributed by atoms with Crippen LogP contribution in [0.25, 0.3) is 0 Å². The first kappa shape index (κ1) is 13.9. The molecule has 5 heteroatoms. The van der Waals surface area contributed by atoms with Gasteiger partial charge in [-0.15, -0.1) is 23.1 Å². The maximum absolute atomic E-state index is 5.17. The summed E-state index contributed by atoms with van der Waals surface area (Å²) in [5.41, 5.74) is 2.67. The number of pyridine rings is 1. The Morgan fingerprint density at radius 1 is 1.45 bits per heavy atom. The van der Waals surface area contributed by atoms with Crippen LogP contribution in [0.4, 0.5) is 0 Å². The normalized spacial score (nSPS) is 21.5. The summed E-state index contributed by atoms with van der Waals surface area (Å²) in [4.78, 5) is 4.14. The minimum Gasteiger partial charge on any atom is -0.481 e. The Bertz CT molecular complexity index is 585. The molecular weight excluding hydrogens is 288 g/mol. The molecule has 3 rings (SSSR count). The summed E-state index contributed by atoms with van der Waals surface area (Å²) in [7, 11) is 1.65. The third kappa shape index (κ3) is 3.00. The van der Waals surface area contributed by atoms with Crippen molar-refractivity contribution >= 4 is 23.1 Å². The summed E-state index contributed by atoms with van der Waals surface area (Å²) in [6, 6.07) is 6.73. The van der Waals surface area contributed by atoms with Gasteiger partial charge in [-0.05, 0) is 35.1 Å². The third-order valence-corrected chi connectivity index (χ3v) is 5.81. The van der Waals surface area contributed by atoms with Gasteiger partial charge in [-0.1, -0.05) is 6.92 Å². The van der Waals surface area contributed by atoms with E-state index in [1.165, 1.54) is 21.8 Å². The standard InChI is InChI=1S/C15H18N2OS2/c1-10-7-13(12-4-6-19-15(12)20-10)17-9-11-3-5-16-14(8-11)18-2/h3-6,8,10,13,17H,7,9H2,1-2H3/t10-,13?/m0/s1. The molecule has 2 aromatic rings. The fourth-order valence-electron chi connectivity index (χ4n) is 2.46. The number of rotatable bonds is 4. The molecule has 0 amide bonds. The van der Waals surface area contributed by atoms with E-state index in [4.69, 9.17) is 4.74 Å². The Balaban J connectivity index is 1.69. The zero-order valence-electron chi connectivity index (χ0n) is 11.6. The summed E-state index contributed by atoms with van der Waals surface area (Å²) in [6.07, 6.45) is 2.97. The maximum atomic E-state index is 5.17. The summed E-state index contributed by atoms with van der Waals surface area (Å²) >= 11 is 3.85. The van der Waals surface area contributed by atoms with Crippen LogP contribution >= 0.6 is 23.1 Å². The molecule has 0 aromatic carbocycles. The van der Waals surface area contributed by atoms with Crippen LogP contribution in [-0.2, 0) is 6.54 Å². The summed E-state index contributed by atoms with van der Waals surface area (Å²) < 4.78 is 6.63. The number of hydrogen-bond acceptors (Lipinski definition) is 5. The Labute approximate surface area is 127 Å². The molecular formula is C15H18N2OS2. The molecule has 106 valence electrons. The lowest BCUT2D eigenvalue weighted by atomic mass is 10.0. The lowest BCUT2D eigenvalue weighted by Gasteiger charge is -2.27. The van der Waals surface area contributed by atoms with Gasteiger partial charge in [0, 0.05) is 30.1 Å². The van der Waals surface area contributed by atoms with Crippen molar-refractivity contribution in [3.63, 3.8) is 0 Å². The van der Waals surface area contributed by atoms with E-state index >= 15 is 0 Å². The number of ether oxygens (including phenoxy) is 1. The van der Waals surface area contributed by atoms with E-state index in [2.05, 4.69) is 28.7 Å². The average molecular weight is 306 g/mol. The van der Waals surface area contributed by atoms with Crippen molar-refractivity contribution in [2.75, 3.05) is 7.11 Å². The SMILES string of the molecule is COc1cc(CNC2C[C@H](C)Sc3sccc32)ccn1. The van der Waals surface area contributed by atoms with Crippen molar-refractivity contribution in [2.45, 2.75) is 35.4 Å². The van der Waals surface area contributed by atoms with Gasteiger partial charge >= 0.3 is 0 Å². The van der Waals surface area contributed by atoms with E-state index in [1.54, 1.807) is 13.3 Å². The van der Waals surface area contributed by atoms with Crippen LogP contribution in [0.1, 0.15) is 30.5 Å². The zero-order valence-corrected chi connectivity index (χ0v) is 13.3. The zero-order chi connectivity index (χ0) is 13.9. The fourth-order valence-corrected chi connectivity index (χ4v) is 5.02. The maximum Gasteiger partial charge on any atom is 0.213 e. The second-order valence-electron chi connectivity index (χ2n) is 4.97. The summed E-state index contributed by atoms with van der Waals surface area (Å²) in [5.74, 6) is 0.674. The number of methoxy groups -OCH3 is 1. The number of nitrogens with one attached hydrogen (secondary N) is 1. The van der Waals surface area contributed by atoms with Crippen LogP contribution in [0.2, 0.25) is 0 Å². The number of hydrogen-bond donors (Lipinski definition) is 1. The van der Waals surface area contributed by atoms with Crippen LogP contribution in [0.3, 0.4) is 0 Å². The Kier molecular flexibility index (Phi) is 4.29. The molecule has 0 aliphatic carbocycles. The van der Waals surface area contributed by atoms with E-state index in [0.29, 0.717) is 17.2 Å². The molecule has 2 aromatic heterocycles. The first-order valence-corrected chi connectivity index (χ1v) is 8.48. The lowest BCUT2D eigenvalue weighted by molar-refractivity contribution is 0.396. The van der Waals surface area contributed by atoms with Crippen LogP contribution < -0.4 is 10.1 Å². The number of thiophene rings is 1. The molecule has 1 aliphatic heterocycles. The monoisotopic (exact) mass is 306 g/mol. The average Bonchev–Trinajstić information content (AvgIpc) is 2.93. The highest BCUT2D eigenvalue weighted by molar-refractivity contribution is 8.01. The molecule has 0 spiro atoms. The summed E-state index contributed by atoms with van der Waals surface area (Å²) in [5, 5.41) is 6.54. The highest BCUT2D eigenvalue weighted by Crippen LogP contribution is 2.43. The van der Waals surface area contributed by atoms with Gasteiger partial charge in [-0.25, -0.2) is 4.98 Å². The topological polar surface area (TPSA) is 34.1 Å². The second-order valence-corrected chi connectivity index (χ2v) is 7.59. The molecule has 0 fully saturated rings. The molecule has 0 bridgehead atoms. The van der Waals surface area contributed by atoms with Gasteiger partial charge in [-0.2, -0.15) is 0 Å². The van der Waals surface area contributed by atoms with Gasteiger partial charge in [0.2, 0.25) is 5.88 Å². The fraction of sp³-hybridized carbons (Fsp3) is 0.400. The molecule has 1 N–H and O–H groups in total. The molecule has 3 heterocycles. The predicted molar refractivity (Wildman–Crippen MR) is 84.6 cm³/mol. The first-order chi connectivity index (χ1) is 9.76. The minimum absolute atomic E-state index is 0.451. The highest BCUT2D eigenvalue weighted by Gasteiger charge is 2.25. The molecule has 3 nitrogen and oxygen atoms in total. The van der Waals surface area contributed by atoms with Crippen molar-refractivity contribution in [3.05, 3.63) is 40.9 Å². The van der Waals surface area contributed by atoms with Crippen molar-refractivity contribution in [2.24, 2.45) is 0 Å². The van der Waals surface area contributed by atoms with E-state index in [1.807, 2.05) is 35.2 Å². The smallest absolute Gasteiger partial charge is 0.213 e. The summed E-state index contributed by atoms with van der Waals surface area (Å²) in [6.45, 7) is 3.15. The Morgan fingerprint density at radius 3 is 3.20 bits per heavy atom. The van der Waals surface area contributed by atoms with E-state index < -0.39 is 0 Å². The van der Waals surface area contributed by atoms with E-state index in [-0.39, 0.29) is 0 Å². The van der Waals surface area contributed by atoms with Gasteiger partial charge in [0.25, 0.3) is 0 Å². The number of thioether (sulfide) groups is 1. The number of fused-ring (bicyclic) bond motifs is 1. The molecule has 0 saturated carbocycles. The van der Waals surface area contributed by atoms with E-state index in [9.17, 15) is 0 Å². The predicted octanol–water partition coefficient (Wildman–Crippen LogP) is 3.87. The molecule has 0 saturated heterocycles. The minimum atomic E-state index is 0.451. The largest absolute Gasteiger partial charge is 0.481 e. The Morgan fingerprint density at radius 2 is 2.35 bits per heavy atom. The van der Waals surface area contributed by atoms with Gasteiger partial charge in [0.15, 0.2) is 0 Å². The van der Waals surface area contributed by atoms with Crippen molar-refractivity contribution in [1.82, 2.24) is 10.3 Å². The third-order valence-electron chi connectivity index (χ3n) is 3.47. The second kappa shape index (κ2) is 6.16. The molecule has 1 aliphatic rings. The Hall–Kier alpha value is -1.04. The first-order valence-electron chi connectivity index (χ1n) is 6.72. The highest BCUT2D eigenvalue weighted by atomic mass is 32.2. The van der Waals surface area contributed by atoms with Crippen LogP contribution in [0, 0.1) is 0 Å². The van der Waals surface area contributed by atoms with Crippen LogP contribution in [-0.4, -0.2) is 17.3 Å². The van der Waals surface area contributed by atoms with Crippen LogP contribution in [0.5, 0.6) is 5.88 Å². The molecule has 2 atom stereocenters. The molecule has 1 unspecified atom stereocenters. The van der Waals surface area contributed by atoms with Crippen molar-refractivity contribution in [1.29, 1.82) is 0 Å². The van der Waals surface area contributed by atoms with Crippen molar-refractivity contribution in [3.8, 4) is 5.88 Å². The van der Waals surface area contributed by atoms with E-state index in [0.717, 1.165) is 6.54 Å². The number of nitrogens with zero attached hydrogens (tertiary/aromatic N) is 1. The molecule has 0 radical (unpaired) electrons.